The van der Waals surface area contributed by atoms with E-state index in [-0.39, 0.29) is 10.8 Å². The van der Waals surface area contributed by atoms with Crippen LogP contribution in [0.5, 0.6) is 0 Å². The Morgan fingerprint density at radius 3 is 2.79 bits per heavy atom. The molecule has 0 bridgehead atoms. The fourth-order valence-electron chi connectivity index (χ4n) is 2.90. The average Bonchev–Trinajstić information content (AvgIpc) is 3.11. The molecule has 0 saturated carbocycles. The standard InChI is InChI=1S/C20H18N6OS/c1-3-12-26-18(14-8-10-21-11-9-14)24-25-20(26)28-13(2)17-22-16-7-5-4-6-15(16)19(27)23-17/h3-11,13H,1,12H2,2H3,(H,22,23,27)/t13-/m1/s1. The smallest absolute Gasteiger partial charge is 0.258 e. The number of hydrogen-bond donors (Lipinski definition) is 1. The molecule has 1 N–H and O–H groups in total. The molecule has 8 heteroatoms. The van der Waals surface area contributed by atoms with E-state index >= 15 is 0 Å². The second-order valence-corrected chi connectivity index (χ2v) is 7.48. The van der Waals surface area contributed by atoms with Crippen LogP contribution in [0.3, 0.4) is 0 Å². The van der Waals surface area contributed by atoms with Crippen molar-refractivity contribution < 1.29 is 0 Å². The second kappa shape index (κ2) is 7.77. The molecule has 0 aliphatic carbocycles. The number of allylic oxidation sites excluding steroid dienone is 1. The molecule has 1 atom stereocenters. The summed E-state index contributed by atoms with van der Waals surface area (Å²) in [6, 6.07) is 11.1. The number of aromatic amines is 1. The van der Waals surface area contributed by atoms with Gasteiger partial charge in [-0.05, 0) is 31.2 Å². The number of H-pyrrole nitrogens is 1. The summed E-state index contributed by atoms with van der Waals surface area (Å²) in [5.74, 6) is 1.35. The van der Waals surface area contributed by atoms with Crippen LogP contribution in [0.2, 0.25) is 0 Å². The number of rotatable bonds is 6. The Bertz CT molecular complexity index is 1180. The normalized spacial score (nSPS) is 12.2. The Balaban J connectivity index is 1.68. The number of nitrogens with zero attached hydrogens (tertiary/aromatic N) is 5. The lowest BCUT2D eigenvalue weighted by atomic mass is 10.2. The van der Waals surface area contributed by atoms with Crippen LogP contribution in [0.4, 0.5) is 0 Å². The van der Waals surface area contributed by atoms with Crippen molar-refractivity contribution >= 4 is 22.7 Å². The van der Waals surface area contributed by atoms with Crippen molar-refractivity contribution in [3.63, 3.8) is 0 Å². The van der Waals surface area contributed by atoms with Crippen LogP contribution >= 0.6 is 11.8 Å². The number of fused-ring (bicyclic) bond motifs is 1. The highest BCUT2D eigenvalue weighted by atomic mass is 32.2. The molecule has 0 spiro atoms. The van der Waals surface area contributed by atoms with Crippen LogP contribution in [-0.2, 0) is 6.54 Å². The lowest BCUT2D eigenvalue weighted by Gasteiger charge is -2.12. The molecule has 4 aromatic rings. The van der Waals surface area contributed by atoms with Crippen LogP contribution in [-0.4, -0.2) is 29.7 Å². The lowest BCUT2D eigenvalue weighted by Crippen LogP contribution is -2.13. The van der Waals surface area contributed by atoms with Crippen LogP contribution in [0, 0.1) is 0 Å². The Morgan fingerprint density at radius 1 is 1.21 bits per heavy atom. The zero-order valence-electron chi connectivity index (χ0n) is 15.2. The minimum atomic E-state index is -0.141. The van der Waals surface area contributed by atoms with Gasteiger partial charge in [0.15, 0.2) is 11.0 Å². The minimum absolute atomic E-state index is 0.115. The molecule has 3 aromatic heterocycles. The summed E-state index contributed by atoms with van der Waals surface area (Å²) in [6.45, 7) is 6.39. The predicted octanol–water partition coefficient (Wildman–Crippen LogP) is 3.62. The molecule has 4 rings (SSSR count). The first-order chi connectivity index (χ1) is 13.7. The molecule has 1 aromatic carbocycles. The number of para-hydroxylation sites is 1. The third-order valence-electron chi connectivity index (χ3n) is 4.27. The summed E-state index contributed by atoms with van der Waals surface area (Å²) in [4.78, 5) is 23.9. The third-order valence-corrected chi connectivity index (χ3v) is 5.36. The Hall–Kier alpha value is -3.26. The largest absolute Gasteiger partial charge is 0.309 e. The van der Waals surface area contributed by atoms with E-state index in [0.717, 1.165) is 16.5 Å². The van der Waals surface area contributed by atoms with E-state index in [1.807, 2.05) is 41.8 Å². The number of nitrogens with one attached hydrogen (secondary N) is 1. The highest BCUT2D eigenvalue weighted by Crippen LogP contribution is 2.33. The summed E-state index contributed by atoms with van der Waals surface area (Å²) >= 11 is 1.49. The van der Waals surface area contributed by atoms with E-state index in [9.17, 15) is 4.79 Å². The maximum atomic E-state index is 12.4. The van der Waals surface area contributed by atoms with E-state index < -0.39 is 0 Å². The van der Waals surface area contributed by atoms with Gasteiger partial charge >= 0.3 is 0 Å². The van der Waals surface area contributed by atoms with Gasteiger partial charge in [0.1, 0.15) is 5.82 Å². The third kappa shape index (κ3) is 3.46. The predicted molar refractivity (Wildman–Crippen MR) is 110 cm³/mol. The molecule has 0 saturated heterocycles. The van der Waals surface area contributed by atoms with E-state index in [0.29, 0.717) is 23.3 Å². The number of benzene rings is 1. The van der Waals surface area contributed by atoms with Gasteiger partial charge in [0.05, 0.1) is 16.2 Å². The molecule has 0 aliphatic rings. The van der Waals surface area contributed by atoms with Crippen LogP contribution in [0.15, 0.2) is 71.4 Å². The van der Waals surface area contributed by atoms with Crippen molar-refractivity contribution in [1.82, 2.24) is 29.7 Å². The van der Waals surface area contributed by atoms with Crippen LogP contribution in [0.1, 0.15) is 18.0 Å². The molecule has 0 aliphatic heterocycles. The molecule has 28 heavy (non-hydrogen) atoms. The van der Waals surface area contributed by atoms with E-state index in [1.54, 1.807) is 24.5 Å². The molecule has 7 nitrogen and oxygen atoms in total. The van der Waals surface area contributed by atoms with Crippen LogP contribution in [0.25, 0.3) is 22.3 Å². The summed E-state index contributed by atoms with van der Waals surface area (Å²) in [5, 5.41) is 9.89. The molecule has 0 amide bonds. The molecular formula is C20H18N6OS. The van der Waals surface area contributed by atoms with Gasteiger partial charge in [0.2, 0.25) is 0 Å². The Labute approximate surface area is 165 Å². The molecular weight excluding hydrogens is 372 g/mol. The molecule has 0 unspecified atom stereocenters. The van der Waals surface area contributed by atoms with Gasteiger partial charge in [-0.15, -0.1) is 16.8 Å². The van der Waals surface area contributed by atoms with E-state index in [1.165, 1.54) is 11.8 Å². The summed E-state index contributed by atoms with van der Waals surface area (Å²) in [5.41, 5.74) is 1.47. The molecule has 3 heterocycles. The van der Waals surface area contributed by atoms with Crippen molar-refractivity contribution in [2.24, 2.45) is 0 Å². The van der Waals surface area contributed by atoms with Crippen LogP contribution < -0.4 is 5.56 Å². The zero-order valence-corrected chi connectivity index (χ0v) is 16.1. The van der Waals surface area contributed by atoms with E-state index in [4.69, 9.17) is 0 Å². The van der Waals surface area contributed by atoms with Crippen molar-refractivity contribution in [3.05, 3.63) is 77.6 Å². The highest BCUT2D eigenvalue weighted by Gasteiger charge is 2.19. The fraction of sp³-hybridized carbons (Fsp3) is 0.150. The average molecular weight is 390 g/mol. The van der Waals surface area contributed by atoms with Crippen molar-refractivity contribution in [2.45, 2.75) is 23.9 Å². The highest BCUT2D eigenvalue weighted by molar-refractivity contribution is 7.99. The van der Waals surface area contributed by atoms with Crippen molar-refractivity contribution in [3.8, 4) is 11.4 Å². The summed E-state index contributed by atoms with van der Waals surface area (Å²) < 4.78 is 1.99. The summed E-state index contributed by atoms with van der Waals surface area (Å²) in [7, 11) is 0. The van der Waals surface area contributed by atoms with Crippen molar-refractivity contribution in [2.75, 3.05) is 0 Å². The molecule has 0 fully saturated rings. The van der Waals surface area contributed by atoms with Gasteiger partial charge in [-0.3, -0.25) is 14.3 Å². The van der Waals surface area contributed by atoms with Gasteiger partial charge in [-0.25, -0.2) is 4.98 Å². The SMILES string of the molecule is C=CCn1c(S[C@H](C)c2nc3ccccc3c(=O)[nH]2)nnc1-c1ccncc1. The fourth-order valence-corrected chi connectivity index (χ4v) is 3.81. The molecule has 0 radical (unpaired) electrons. The van der Waals surface area contributed by atoms with Gasteiger partial charge in [-0.2, -0.15) is 0 Å². The number of aromatic nitrogens is 6. The number of hydrogen-bond acceptors (Lipinski definition) is 6. The Kier molecular flexibility index (Phi) is 5.03. The topological polar surface area (TPSA) is 89.4 Å². The van der Waals surface area contributed by atoms with E-state index in [2.05, 4.69) is 31.7 Å². The van der Waals surface area contributed by atoms with Gasteiger partial charge in [0, 0.05) is 24.5 Å². The zero-order chi connectivity index (χ0) is 19.5. The van der Waals surface area contributed by atoms with Gasteiger partial charge < -0.3 is 4.98 Å². The summed E-state index contributed by atoms with van der Waals surface area (Å²) in [6.07, 6.45) is 5.25. The van der Waals surface area contributed by atoms with Gasteiger partial charge in [-0.1, -0.05) is 30.0 Å². The van der Waals surface area contributed by atoms with Gasteiger partial charge in [0.25, 0.3) is 5.56 Å². The number of pyridine rings is 1. The first kappa shape index (κ1) is 18.1. The quantitative estimate of drug-likeness (QED) is 0.400. The minimum Gasteiger partial charge on any atom is -0.309 e. The first-order valence-electron chi connectivity index (χ1n) is 8.77. The maximum Gasteiger partial charge on any atom is 0.258 e. The number of thioether (sulfide) groups is 1. The Morgan fingerprint density at radius 2 is 2.00 bits per heavy atom. The first-order valence-corrected chi connectivity index (χ1v) is 9.65. The lowest BCUT2D eigenvalue weighted by molar-refractivity contribution is 0.727. The maximum absolute atomic E-state index is 12.4. The van der Waals surface area contributed by atoms with Crippen molar-refractivity contribution in [1.29, 1.82) is 0 Å². The second-order valence-electron chi connectivity index (χ2n) is 6.17. The molecule has 140 valence electrons. The monoisotopic (exact) mass is 390 g/mol.